The molecule has 0 aromatic heterocycles. The number of aliphatic hydroxyl groups is 2. The van der Waals surface area contributed by atoms with Crippen molar-refractivity contribution in [1.82, 2.24) is 0 Å². The van der Waals surface area contributed by atoms with E-state index in [1.165, 1.54) is 89.9 Å². The topological polar surface area (TPSA) is 40.5 Å². The first kappa shape index (κ1) is 42.9. The summed E-state index contributed by atoms with van der Waals surface area (Å²) in [5, 5.41) is 17.5. The van der Waals surface area contributed by atoms with Gasteiger partial charge in [-0.25, -0.2) is 0 Å². The summed E-state index contributed by atoms with van der Waals surface area (Å²) in [6, 6.07) is 0. The maximum Gasteiger partial charge on any atom is 2.00 e. The van der Waals surface area contributed by atoms with Gasteiger partial charge in [0.15, 0.2) is 0 Å². The molecule has 0 amide bonds. The van der Waals surface area contributed by atoms with Gasteiger partial charge in [-0.15, -0.1) is 0 Å². The largest absolute Gasteiger partial charge is 2.00 e. The van der Waals surface area contributed by atoms with E-state index in [9.17, 15) is 0 Å². The van der Waals surface area contributed by atoms with Crippen LogP contribution in [0.25, 0.3) is 0 Å². The first-order valence-corrected chi connectivity index (χ1v) is 10.1. The Bertz CT molecular complexity index is 181. The minimum atomic E-state index is 0. The minimum Gasteiger partial charge on any atom is -0.393 e. The van der Waals surface area contributed by atoms with Crippen LogP contribution in [0.2, 0.25) is 0 Å². The standard InChI is InChI=1S/2C5H10O.2C5H10.4CH3.2Fe/c2*6-5-3-1-2-4-5;2*1-2-4-5-3-1;;;;;;/h2*5-6H,1-4H2;2*1-5H2;4*1H3;;/q;;;;4*-1;2*+2. The molecule has 0 unspecified atom stereocenters. The molecule has 4 fully saturated rings. The van der Waals surface area contributed by atoms with Gasteiger partial charge in [0.05, 0.1) is 12.2 Å². The minimum absolute atomic E-state index is 0. The Morgan fingerprint density at radius 1 is 0.321 bits per heavy atom. The summed E-state index contributed by atoms with van der Waals surface area (Å²) >= 11 is 0. The third kappa shape index (κ3) is 29.2. The fourth-order valence-corrected chi connectivity index (χ4v) is 3.58. The average molecular weight is 484 g/mol. The van der Waals surface area contributed by atoms with Gasteiger partial charge >= 0.3 is 34.1 Å². The van der Waals surface area contributed by atoms with Crippen molar-refractivity contribution in [1.29, 1.82) is 0 Å². The molecule has 0 aromatic carbocycles. The van der Waals surface area contributed by atoms with Crippen LogP contribution in [0.15, 0.2) is 0 Å². The van der Waals surface area contributed by atoms with Crippen LogP contribution in [-0.4, -0.2) is 22.4 Å². The summed E-state index contributed by atoms with van der Waals surface area (Å²) in [4.78, 5) is 0. The molecule has 0 heterocycles. The van der Waals surface area contributed by atoms with Gasteiger partial charge < -0.3 is 39.9 Å². The molecule has 4 saturated carbocycles. The fraction of sp³-hybridized carbons (Fsp3) is 0.833. The van der Waals surface area contributed by atoms with Gasteiger partial charge in [-0.3, -0.25) is 0 Å². The molecule has 0 atom stereocenters. The molecular weight excluding hydrogens is 432 g/mol. The van der Waals surface area contributed by atoms with E-state index < -0.39 is 0 Å². The Balaban J connectivity index is -0.0000000539. The molecule has 4 heteroatoms. The Morgan fingerprint density at radius 3 is 0.536 bits per heavy atom. The number of hydrogen-bond donors (Lipinski definition) is 2. The summed E-state index contributed by atoms with van der Waals surface area (Å²) < 4.78 is 0. The van der Waals surface area contributed by atoms with Crippen LogP contribution in [0.3, 0.4) is 0 Å². The zero-order valence-corrected chi connectivity index (χ0v) is 21.7. The van der Waals surface area contributed by atoms with Crippen molar-refractivity contribution in [3.05, 3.63) is 29.7 Å². The van der Waals surface area contributed by atoms with Gasteiger partial charge in [0.2, 0.25) is 0 Å². The van der Waals surface area contributed by atoms with E-state index in [0.717, 1.165) is 25.7 Å². The third-order valence-corrected chi connectivity index (χ3v) is 5.15. The van der Waals surface area contributed by atoms with E-state index in [0.29, 0.717) is 0 Å². The molecule has 0 aromatic rings. The summed E-state index contributed by atoms with van der Waals surface area (Å²) in [5.74, 6) is 0. The summed E-state index contributed by atoms with van der Waals surface area (Å²) in [5.41, 5.74) is 0. The Kier molecular flexibility index (Phi) is 50.0. The molecule has 0 saturated heterocycles. The second-order valence-electron chi connectivity index (χ2n) is 7.41. The molecule has 2 nitrogen and oxygen atoms in total. The zero-order valence-electron chi connectivity index (χ0n) is 19.5. The molecule has 0 aliphatic heterocycles. The van der Waals surface area contributed by atoms with Gasteiger partial charge in [0.1, 0.15) is 0 Å². The van der Waals surface area contributed by atoms with Crippen LogP contribution in [-0.2, 0) is 34.1 Å². The monoisotopic (exact) mass is 484 g/mol. The quantitative estimate of drug-likeness (QED) is 0.276. The molecule has 4 rings (SSSR count). The van der Waals surface area contributed by atoms with E-state index in [2.05, 4.69) is 0 Å². The predicted molar refractivity (Wildman–Crippen MR) is 121 cm³/mol. The normalized spacial score (nSPS) is 19.5. The average Bonchev–Trinajstić information content (AvgIpc) is 3.32. The number of rotatable bonds is 0. The van der Waals surface area contributed by atoms with E-state index in [1.807, 2.05) is 0 Å². The van der Waals surface area contributed by atoms with E-state index in [1.54, 1.807) is 0 Å². The van der Waals surface area contributed by atoms with Crippen LogP contribution in [0.5, 0.6) is 0 Å². The fourth-order valence-electron chi connectivity index (χ4n) is 3.58. The Morgan fingerprint density at radius 2 is 0.464 bits per heavy atom. The van der Waals surface area contributed by atoms with Crippen molar-refractivity contribution in [3.63, 3.8) is 0 Å². The molecule has 28 heavy (non-hydrogen) atoms. The van der Waals surface area contributed by atoms with E-state index >= 15 is 0 Å². The molecule has 0 spiro atoms. The molecule has 4 aliphatic rings. The van der Waals surface area contributed by atoms with Crippen LogP contribution < -0.4 is 0 Å². The maximum atomic E-state index is 8.73. The summed E-state index contributed by atoms with van der Waals surface area (Å²) in [7, 11) is 0. The van der Waals surface area contributed by atoms with Crippen molar-refractivity contribution in [2.24, 2.45) is 0 Å². The van der Waals surface area contributed by atoms with Crippen LogP contribution in [0.4, 0.5) is 0 Å². The first-order chi connectivity index (χ1) is 10.8. The summed E-state index contributed by atoms with van der Waals surface area (Å²) in [6.07, 6.45) is 24.2. The van der Waals surface area contributed by atoms with E-state index in [-0.39, 0.29) is 76.1 Å². The van der Waals surface area contributed by atoms with Gasteiger partial charge in [-0.1, -0.05) is 89.9 Å². The van der Waals surface area contributed by atoms with E-state index in [4.69, 9.17) is 10.2 Å². The smallest absolute Gasteiger partial charge is 0.393 e. The first-order valence-electron chi connectivity index (χ1n) is 10.1. The van der Waals surface area contributed by atoms with Crippen LogP contribution >= 0.6 is 0 Å². The maximum absolute atomic E-state index is 8.73. The van der Waals surface area contributed by atoms with Crippen molar-refractivity contribution in [3.8, 4) is 0 Å². The van der Waals surface area contributed by atoms with Crippen molar-refractivity contribution in [2.45, 2.75) is 128 Å². The predicted octanol–water partition coefficient (Wildman–Crippen LogP) is 7.54. The van der Waals surface area contributed by atoms with Crippen molar-refractivity contribution < 1.29 is 44.4 Å². The van der Waals surface area contributed by atoms with Gasteiger partial charge in [-0.2, -0.15) is 0 Å². The van der Waals surface area contributed by atoms with Crippen LogP contribution in [0.1, 0.15) is 116 Å². The van der Waals surface area contributed by atoms with Gasteiger partial charge in [0, 0.05) is 0 Å². The number of hydrogen-bond acceptors (Lipinski definition) is 2. The molecular formula is C24H52Fe2O2. The zero-order chi connectivity index (χ0) is 15.9. The summed E-state index contributed by atoms with van der Waals surface area (Å²) in [6.45, 7) is 0. The Labute approximate surface area is 201 Å². The molecule has 0 bridgehead atoms. The second-order valence-corrected chi connectivity index (χ2v) is 7.41. The number of aliphatic hydroxyl groups excluding tert-OH is 2. The van der Waals surface area contributed by atoms with Crippen LogP contribution in [0, 0.1) is 29.7 Å². The van der Waals surface area contributed by atoms with Gasteiger partial charge in [-0.05, 0) is 25.7 Å². The Hall–Kier alpha value is 0.959. The molecule has 4 aliphatic carbocycles. The second kappa shape index (κ2) is 32.6. The molecule has 176 valence electrons. The SMILES string of the molecule is C1CCCC1.C1CCCC1.OC1CCCC1.OC1CCCC1.[CH3-].[CH3-].[CH3-].[CH3-].[Fe+2].[Fe+2]. The third-order valence-electron chi connectivity index (χ3n) is 5.15. The van der Waals surface area contributed by atoms with Gasteiger partial charge in [0.25, 0.3) is 0 Å². The molecule has 0 radical (unpaired) electrons. The van der Waals surface area contributed by atoms with Crippen molar-refractivity contribution >= 4 is 0 Å². The molecule has 2 N–H and O–H groups in total. The van der Waals surface area contributed by atoms with Crippen molar-refractivity contribution in [2.75, 3.05) is 0 Å².